The van der Waals surface area contributed by atoms with Crippen LogP contribution in [0.25, 0.3) is 0 Å². The van der Waals surface area contributed by atoms with Gasteiger partial charge in [-0.2, -0.15) is 0 Å². The first-order chi connectivity index (χ1) is 15.9. The number of rotatable bonds is 5. The highest BCUT2D eigenvalue weighted by Gasteiger charge is 2.51. The Balaban J connectivity index is 1.31. The van der Waals surface area contributed by atoms with Gasteiger partial charge in [-0.15, -0.1) is 0 Å². The van der Waals surface area contributed by atoms with Crippen LogP contribution in [0, 0.1) is 11.3 Å². The summed E-state index contributed by atoms with van der Waals surface area (Å²) in [4.78, 5) is 29.2. The molecule has 1 heterocycles. The molecule has 0 atom stereocenters. The van der Waals surface area contributed by atoms with Crippen LogP contribution in [-0.2, 0) is 15.0 Å². The Bertz CT molecular complexity index is 925. The highest BCUT2D eigenvalue weighted by Crippen LogP contribution is 2.58. The molecule has 5 heteroatoms. The minimum Gasteiger partial charge on any atom is -0.496 e. The third-order valence-corrected chi connectivity index (χ3v) is 9.24. The first kappa shape index (κ1) is 25.1. The number of methoxy groups -OCH3 is 1. The van der Waals surface area contributed by atoms with Gasteiger partial charge in [0.05, 0.1) is 7.11 Å². The normalized spacial score (nSPS) is 26.6. The summed E-state index contributed by atoms with van der Waals surface area (Å²) < 4.78 is 5.72. The lowest BCUT2D eigenvalue weighted by Crippen LogP contribution is -2.60. The summed E-state index contributed by atoms with van der Waals surface area (Å²) in [6.07, 6.45) is 6.72. The van der Waals surface area contributed by atoms with Crippen LogP contribution in [0.3, 0.4) is 0 Å². The fraction of sp³-hybridized carbons (Fsp3) is 0.724. The van der Waals surface area contributed by atoms with Gasteiger partial charge in [0.2, 0.25) is 11.8 Å². The molecule has 34 heavy (non-hydrogen) atoms. The van der Waals surface area contributed by atoms with Gasteiger partial charge >= 0.3 is 0 Å². The van der Waals surface area contributed by atoms with Crippen molar-refractivity contribution in [3.05, 3.63) is 29.3 Å². The second-order valence-corrected chi connectivity index (χ2v) is 12.5. The standard InChI is InChI=1S/C29H44N2O3/c1-8-25(32)30(6)28(5)16-21(17-28)26(33)31-13-11-29(12-14-31)18-20(19-29)23-15-22(27(2,3)4)9-10-24(23)34-7/h9-10,15,20-21H,8,11-14,16-19H2,1-7H3/t21-,28+. The van der Waals surface area contributed by atoms with E-state index < -0.39 is 0 Å². The van der Waals surface area contributed by atoms with Crippen molar-refractivity contribution >= 4 is 11.8 Å². The number of carbonyl (C=O) groups is 2. The van der Waals surface area contributed by atoms with Gasteiger partial charge in [-0.25, -0.2) is 0 Å². The van der Waals surface area contributed by atoms with Crippen molar-refractivity contribution in [1.29, 1.82) is 0 Å². The number of nitrogens with zero attached hydrogens (tertiary/aromatic N) is 2. The minimum atomic E-state index is -0.160. The molecule has 2 saturated carbocycles. The van der Waals surface area contributed by atoms with Crippen LogP contribution in [-0.4, -0.2) is 54.4 Å². The van der Waals surface area contributed by atoms with E-state index in [1.807, 2.05) is 18.9 Å². The van der Waals surface area contributed by atoms with E-state index in [4.69, 9.17) is 4.74 Å². The Kier molecular flexibility index (Phi) is 6.54. The molecule has 188 valence electrons. The lowest BCUT2D eigenvalue weighted by Gasteiger charge is -2.55. The van der Waals surface area contributed by atoms with Gasteiger partial charge in [0.25, 0.3) is 0 Å². The maximum Gasteiger partial charge on any atom is 0.225 e. The van der Waals surface area contributed by atoms with Crippen molar-refractivity contribution in [3.63, 3.8) is 0 Å². The molecule has 2 aliphatic carbocycles. The van der Waals surface area contributed by atoms with Gasteiger partial charge in [0.1, 0.15) is 5.75 Å². The number of amides is 2. The van der Waals surface area contributed by atoms with Gasteiger partial charge in [0, 0.05) is 38.0 Å². The molecule has 3 aliphatic rings. The van der Waals surface area contributed by atoms with Crippen molar-refractivity contribution in [1.82, 2.24) is 9.80 Å². The molecule has 1 aromatic rings. The monoisotopic (exact) mass is 468 g/mol. The molecule has 3 fully saturated rings. The molecule has 1 saturated heterocycles. The summed E-state index contributed by atoms with van der Waals surface area (Å²) in [5.41, 5.74) is 3.07. The highest BCUT2D eigenvalue weighted by molar-refractivity contribution is 5.82. The number of ether oxygens (including phenoxy) is 1. The zero-order valence-electron chi connectivity index (χ0n) is 22.4. The number of benzene rings is 1. The first-order valence-electron chi connectivity index (χ1n) is 13.2. The van der Waals surface area contributed by atoms with Gasteiger partial charge in [-0.05, 0) is 79.4 Å². The third kappa shape index (κ3) is 4.47. The van der Waals surface area contributed by atoms with E-state index in [1.165, 1.54) is 24.0 Å². The lowest BCUT2D eigenvalue weighted by atomic mass is 9.55. The maximum atomic E-state index is 13.2. The molecule has 1 aromatic carbocycles. The van der Waals surface area contributed by atoms with Crippen molar-refractivity contribution in [3.8, 4) is 5.75 Å². The Morgan fingerprint density at radius 2 is 1.74 bits per heavy atom. The van der Waals surface area contributed by atoms with Crippen molar-refractivity contribution in [2.75, 3.05) is 27.2 Å². The summed E-state index contributed by atoms with van der Waals surface area (Å²) >= 11 is 0. The van der Waals surface area contributed by atoms with Crippen LogP contribution < -0.4 is 4.74 Å². The molecule has 5 nitrogen and oxygen atoms in total. The largest absolute Gasteiger partial charge is 0.496 e. The molecular weight excluding hydrogens is 424 g/mol. The summed E-state index contributed by atoms with van der Waals surface area (Å²) in [7, 11) is 3.66. The molecule has 4 rings (SSSR count). The first-order valence-corrected chi connectivity index (χ1v) is 13.2. The number of hydrogen-bond donors (Lipinski definition) is 0. The molecule has 2 amide bonds. The van der Waals surface area contributed by atoms with Gasteiger partial charge in [0.15, 0.2) is 0 Å². The van der Waals surface area contributed by atoms with E-state index in [9.17, 15) is 9.59 Å². The average Bonchev–Trinajstić information content (AvgIpc) is 2.78. The van der Waals surface area contributed by atoms with E-state index in [1.54, 1.807) is 7.11 Å². The third-order valence-electron chi connectivity index (χ3n) is 9.24. The van der Waals surface area contributed by atoms with Crippen molar-refractivity contribution in [2.45, 2.75) is 96.4 Å². The van der Waals surface area contributed by atoms with Crippen molar-refractivity contribution in [2.24, 2.45) is 11.3 Å². The molecule has 0 N–H and O–H groups in total. The van der Waals surface area contributed by atoms with Crippen LogP contribution in [0.15, 0.2) is 18.2 Å². The maximum absolute atomic E-state index is 13.2. The lowest BCUT2D eigenvalue weighted by molar-refractivity contribution is -0.154. The average molecular weight is 469 g/mol. The molecular formula is C29H44N2O3. The molecule has 0 radical (unpaired) electrons. The van der Waals surface area contributed by atoms with Crippen LogP contribution in [0.1, 0.15) is 96.6 Å². The fourth-order valence-corrected chi connectivity index (χ4v) is 6.58. The second kappa shape index (κ2) is 8.87. The van der Waals surface area contributed by atoms with Gasteiger partial charge in [-0.3, -0.25) is 9.59 Å². The number of hydrogen-bond acceptors (Lipinski definition) is 3. The van der Waals surface area contributed by atoms with Gasteiger partial charge < -0.3 is 14.5 Å². The zero-order valence-corrected chi connectivity index (χ0v) is 22.4. The fourth-order valence-electron chi connectivity index (χ4n) is 6.58. The minimum absolute atomic E-state index is 0.0738. The SMILES string of the molecule is CCC(=O)N(C)[C@]1(C)C[C@H](C(=O)N2CCC3(CC2)CC(c2cc(C(C)(C)C)ccc2OC)C3)C1. The number of piperidine rings is 1. The summed E-state index contributed by atoms with van der Waals surface area (Å²) in [5, 5.41) is 0. The quantitative estimate of drug-likeness (QED) is 0.572. The Hall–Kier alpha value is -2.04. The second-order valence-electron chi connectivity index (χ2n) is 12.5. The van der Waals surface area contributed by atoms with E-state index in [0.29, 0.717) is 23.7 Å². The van der Waals surface area contributed by atoms with Gasteiger partial charge in [-0.1, -0.05) is 39.8 Å². The molecule has 0 unspecified atom stereocenters. The topological polar surface area (TPSA) is 49.9 Å². The van der Waals surface area contributed by atoms with Crippen LogP contribution >= 0.6 is 0 Å². The van der Waals surface area contributed by atoms with Crippen LogP contribution in [0.5, 0.6) is 5.75 Å². The summed E-state index contributed by atoms with van der Waals surface area (Å²) in [6.45, 7) is 12.6. The number of likely N-dealkylation sites (tertiary alicyclic amines) is 1. The van der Waals surface area contributed by atoms with E-state index >= 15 is 0 Å². The Morgan fingerprint density at radius 1 is 1.12 bits per heavy atom. The van der Waals surface area contributed by atoms with E-state index in [-0.39, 0.29) is 22.8 Å². The predicted octanol–water partition coefficient (Wildman–Crippen LogP) is 5.52. The van der Waals surface area contributed by atoms with E-state index in [2.05, 4.69) is 50.8 Å². The molecule has 1 aliphatic heterocycles. The smallest absolute Gasteiger partial charge is 0.225 e. The van der Waals surface area contributed by atoms with Crippen molar-refractivity contribution < 1.29 is 14.3 Å². The summed E-state index contributed by atoms with van der Waals surface area (Å²) in [5.74, 6) is 2.11. The van der Waals surface area contributed by atoms with Crippen LogP contribution in [0.4, 0.5) is 0 Å². The Morgan fingerprint density at radius 3 is 2.26 bits per heavy atom. The predicted molar refractivity (Wildman–Crippen MR) is 136 cm³/mol. The van der Waals surface area contributed by atoms with E-state index in [0.717, 1.165) is 44.5 Å². The number of carbonyl (C=O) groups excluding carboxylic acids is 2. The summed E-state index contributed by atoms with van der Waals surface area (Å²) in [6, 6.07) is 6.70. The molecule has 0 bridgehead atoms. The van der Waals surface area contributed by atoms with Crippen LogP contribution in [0.2, 0.25) is 0 Å². The zero-order chi connectivity index (χ0) is 24.9. The molecule has 1 spiro atoms. The highest BCUT2D eigenvalue weighted by atomic mass is 16.5. The molecule has 0 aromatic heterocycles. The Labute approximate surface area is 206 Å².